The number of phenolic OH excluding ortho intramolecular Hbond substituents is 2. The van der Waals surface area contributed by atoms with E-state index in [4.69, 9.17) is 9.47 Å². The Kier molecular flexibility index (Phi) is 4.41. The van der Waals surface area contributed by atoms with E-state index in [1.165, 1.54) is 12.1 Å². The summed E-state index contributed by atoms with van der Waals surface area (Å²) in [7, 11) is 0. The van der Waals surface area contributed by atoms with Gasteiger partial charge in [-0.15, -0.1) is 0 Å². The van der Waals surface area contributed by atoms with Crippen molar-refractivity contribution in [3.05, 3.63) is 23.8 Å². The minimum Gasteiger partial charge on any atom is -0.508 e. The van der Waals surface area contributed by atoms with Gasteiger partial charge in [0.2, 0.25) is 0 Å². The molecule has 2 atom stereocenters. The van der Waals surface area contributed by atoms with E-state index >= 15 is 0 Å². The monoisotopic (exact) mass is 253 g/mol. The summed E-state index contributed by atoms with van der Waals surface area (Å²) in [6.45, 7) is 4.44. The lowest BCUT2D eigenvalue weighted by molar-refractivity contribution is -0.0869. The van der Waals surface area contributed by atoms with E-state index in [9.17, 15) is 10.2 Å². The van der Waals surface area contributed by atoms with Crippen LogP contribution in [0.1, 0.15) is 18.5 Å². The van der Waals surface area contributed by atoms with Gasteiger partial charge in [-0.25, -0.2) is 0 Å². The molecule has 0 aliphatic carbocycles. The fourth-order valence-electron chi connectivity index (χ4n) is 1.96. The van der Waals surface area contributed by atoms with Crippen LogP contribution in [0.3, 0.4) is 0 Å². The molecule has 1 aliphatic heterocycles. The van der Waals surface area contributed by atoms with Crippen molar-refractivity contribution in [2.75, 3.05) is 26.4 Å². The second-order valence-electron chi connectivity index (χ2n) is 4.44. The molecule has 0 radical (unpaired) electrons. The van der Waals surface area contributed by atoms with Crippen LogP contribution in [-0.4, -0.2) is 42.7 Å². The van der Waals surface area contributed by atoms with Gasteiger partial charge in [-0.2, -0.15) is 0 Å². The SMILES string of the molecule is CC(NCC1COCCO1)c1cc(O)ccc1O. The molecule has 0 bridgehead atoms. The number of aromatic hydroxyl groups is 2. The molecule has 1 aromatic carbocycles. The molecule has 0 amide bonds. The van der Waals surface area contributed by atoms with Gasteiger partial charge < -0.3 is 25.0 Å². The first-order valence-electron chi connectivity index (χ1n) is 6.11. The average Bonchev–Trinajstić information content (AvgIpc) is 2.40. The van der Waals surface area contributed by atoms with E-state index in [2.05, 4.69) is 5.32 Å². The second kappa shape index (κ2) is 6.04. The number of hydrogen-bond donors (Lipinski definition) is 3. The minimum atomic E-state index is -0.0670. The van der Waals surface area contributed by atoms with Crippen LogP contribution in [0, 0.1) is 0 Å². The summed E-state index contributed by atoms with van der Waals surface area (Å²) < 4.78 is 10.8. The Morgan fingerprint density at radius 1 is 1.39 bits per heavy atom. The molecule has 1 fully saturated rings. The van der Waals surface area contributed by atoms with Gasteiger partial charge in [-0.1, -0.05) is 0 Å². The predicted molar refractivity (Wildman–Crippen MR) is 66.7 cm³/mol. The predicted octanol–water partition coefficient (Wildman–Crippen LogP) is 1.16. The van der Waals surface area contributed by atoms with E-state index in [1.807, 2.05) is 6.92 Å². The van der Waals surface area contributed by atoms with E-state index in [1.54, 1.807) is 6.07 Å². The number of ether oxygens (including phenoxy) is 2. The molecule has 2 unspecified atom stereocenters. The van der Waals surface area contributed by atoms with Crippen molar-refractivity contribution in [2.45, 2.75) is 19.1 Å². The van der Waals surface area contributed by atoms with Crippen molar-refractivity contribution < 1.29 is 19.7 Å². The summed E-state index contributed by atoms with van der Waals surface area (Å²) >= 11 is 0. The maximum atomic E-state index is 9.74. The summed E-state index contributed by atoms with van der Waals surface area (Å²) in [5, 5.41) is 22.4. The Morgan fingerprint density at radius 3 is 2.94 bits per heavy atom. The number of rotatable bonds is 4. The van der Waals surface area contributed by atoms with Crippen molar-refractivity contribution in [3.8, 4) is 11.5 Å². The molecule has 5 heteroatoms. The summed E-state index contributed by atoms with van der Waals surface area (Å²) in [4.78, 5) is 0. The minimum absolute atomic E-state index is 0.0423. The molecule has 0 aromatic heterocycles. The molecular formula is C13H19NO4. The summed E-state index contributed by atoms with van der Waals surface area (Å²) in [5.74, 6) is 0.322. The molecule has 1 aromatic rings. The topological polar surface area (TPSA) is 71.0 Å². The Labute approximate surface area is 106 Å². The summed E-state index contributed by atoms with van der Waals surface area (Å²) in [6.07, 6.45) is 0.0423. The number of phenols is 2. The molecule has 2 rings (SSSR count). The Bertz CT molecular complexity index is 391. The van der Waals surface area contributed by atoms with E-state index < -0.39 is 0 Å². The molecular weight excluding hydrogens is 234 g/mol. The van der Waals surface area contributed by atoms with E-state index in [-0.39, 0.29) is 23.6 Å². The molecule has 1 saturated heterocycles. The van der Waals surface area contributed by atoms with Crippen LogP contribution >= 0.6 is 0 Å². The van der Waals surface area contributed by atoms with Gasteiger partial charge in [0.1, 0.15) is 11.5 Å². The maximum absolute atomic E-state index is 9.74. The molecule has 18 heavy (non-hydrogen) atoms. The van der Waals surface area contributed by atoms with Crippen molar-refractivity contribution >= 4 is 0 Å². The normalized spacial score (nSPS) is 21.7. The van der Waals surface area contributed by atoms with E-state index in [0.717, 1.165) is 0 Å². The Balaban J connectivity index is 1.90. The first kappa shape index (κ1) is 13.1. The van der Waals surface area contributed by atoms with Gasteiger partial charge in [0.25, 0.3) is 0 Å². The van der Waals surface area contributed by atoms with Crippen LogP contribution in [-0.2, 0) is 9.47 Å². The van der Waals surface area contributed by atoms with Gasteiger partial charge in [-0.3, -0.25) is 0 Å². The lowest BCUT2D eigenvalue weighted by Gasteiger charge is -2.25. The molecule has 100 valence electrons. The molecule has 3 N–H and O–H groups in total. The van der Waals surface area contributed by atoms with Gasteiger partial charge in [0.05, 0.1) is 25.9 Å². The van der Waals surface area contributed by atoms with Gasteiger partial charge in [-0.05, 0) is 25.1 Å². The number of nitrogens with one attached hydrogen (secondary N) is 1. The van der Waals surface area contributed by atoms with Gasteiger partial charge >= 0.3 is 0 Å². The quantitative estimate of drug-likeness (QED) is 0.702. The highest BCUT2D eigenvalue weighted by Crippen LogP contribution is 2.27. The summed E-state index contributed by atoms with van der Waals surface area (Å²) in [6, 6.07) is 4.44. The first-order valence-corrected chi connectivity index (χ1v) is 6.11. The zero-order valence-electron chi connectivity index (χ0n) is 10.4. The van der Waals surface area contributed by atoms with Crippen molar-refractivity contribution in [1.29, 1.82) is 0 Å². The summed E-state index contributed by atoms with van der Waals surface area (Å²) in [5.41, 5.74) is 0.673. The Morgan fingerprint density at radius 2 is 2.22 bits per heavy atom. The van der Waals surface area contributed by atoms with E-state index in [0.29, 0.717) is 31.9 Å². The van der Waals surface area contributed by atoms with Crippen LogP contribution in [0.4, 0.5) is 0 Å². The lowest BCUT2D eigenvalue weighted by atomic mass is 10.1. The van der Waals surface area contributed by atoms with Crippen molar-refractivity contribution in [2.24, 2.45) is 0 Å². The first-order chi connectivity index (χ1) is 8.66. The van der Waals surface area contributed by atoms with Crippen LogP contribution < -0.4 is 5.32 Å². The third kappa shape index (κ3) is 3.35. The van der Waals surface area contributed by atoms with Gasteiger partial charge in [0, 0.05) is 18.2 Å². The standard InChI is InChI=1S/C13H19NO4/c1-9(12-6-10(15)2-3-13(12)16)14-7-11-8-17-4-5-18-11/h2-3,6,9,11,14-16H,4-5,7-8H2,1H3. The van der Waals surface area contributed by atoms with Gasteiger partial charge in [0.15, 0.2) is 0 Å². The fourth-order valence-corrected chi connectivity index (χ4v) is 1.96. The van der Waals surface area contributed by atoms with Crippen LogP contribution in [0.15, 0.2) is 18.2 Å². The molecule has 1 aliphatic rings. The van der Waals surface area contributed by atoms with Crippen LogP contribution in [0.5, 0.6) is 11.5 Å². The largest absolute Gasteiger partial charge is 0.508 e. The van der Waals surface area contributed by atoms with Crippen LogP contribution in [0.25, 0.3) is 0 Å². The third-order valence-corrected chi connectivity index (χ3v) is 3.01. The molecule has 5 nitrogen and oxygen atoms in total. The fraction of sp³-hybridized carbons (Fsp3) is 0.538. The van der Waals surface area contributed by atoms with Crippen molar-refractivity contribution in [1.82, 2.24) is 5.32 Å². The van der Waals surface area contributed by atoms with Crippen LogP contribution in [0.2, 0.25) is 0 Å². The molecule has 1 heterocycles. The highest BCUT2D eigenvalue weighted by Gasteiger charge is 2.17. The van der Waals surface area contributed by atoms with Crippen molar-refractivity contribution in [3.63, 3.8) is 0 Å². The number of hydrogen-bond acceptors (Lipinski definition) is 5. The third-order valence-electron chi connectivity index (χ3n) is 3.01. The molecule has 0 spiro atoms. The molecule has 0 saturated carbocycles. The Hall–Kier alpha value is -1.30. The smallest absolute Gasteiger partial charge is 0.120 e. The maximum Gasteiger partial charge on any atom is 0.120 e. The zero-order valence-corrected chi connectivity index (χ0v) is 10.4. The highest BCUT2D eigenvalue weighted by molar-refractivity contribution is 5.40. The highest BCUT2D eigenvalue weighted by atomic mass is 16.6. The lowest BCUT2D eigenvalue weighted by Crippen LogP contribution is -2.38. The average molecular weight is 253 g/mol. The second-order valence-corrected chi connectivity index (χ2v) is 4.44. The number of benzene rings is 1. The zero-order chi connectivity index (χ0) is 13.0.